The molecule has 144 valence electrons. The first-order chi connectivity index (χ1) is 13.4. The van der Waals surface area contributed by atoms with Gasteiger partial charge in [-0.3, -0.25) is 4.79 Å². The van der Waals surface area contributed by atoms with Crippen LogP contribution in [-0.4, -0.2) is 28.9 Å². The van der Waals surface area contributed by atoms with Crippen LogP contribution >= 0.6 is 11.6 Å². The zero-order valence-electron chi connectivity index (χ0n) is 15.7. The number of aryl methyl sites for hydroxylation is 1. The molecule has 0 radical (unpaired) electrons. The van der Waals surface area contributed by atoms with E-state index in [2.05, 4.69) is 15.1 Å². The number of nitrogens with one attached hydrogen (secondary N) is 1. The van der Waals surface area contributed by atoms with E-state index in [-0.39, 0.29) is 11.3 Å². The molecule has 28 heavy (non-hydrogen) atoms. The fourth-order valence-electron chi connectivity index (χ4n) is 2.98. The maximum atomic E-state index is 12.2. The minimum absolute atomic E-state index is 0.113. The summed E-state index contributed by atoms with van der Waals surface area (Å²) in [5.41, 5.74) is 6.33. The Bertz CT molecular complexity index is 1060. The van der Waals surface area contributed by atoms with Gasteiger partial charge in [0.2, 0.25) is 0 Å². The standard InChI is InChI=1S/C21H20ClN3O3/c1-13-9-15(14(2)25(13)17-6-4-5-16(22)10-17)12-23-24-21(27)19-8-7-18(28-3)11-20(19)26/h4-12,26H,1-3H3,(H,24,27)/b23-12-. The lowest BCUT2D eigenvalue weighted by Crippen LogP contribution is -2.17. The molecule has 7 heteroatoms. The van der Waals surface area contributed by atoms with Crippen molar-refractivity contribution in [2.24, 2.45) is 5.10 Å². The zero-order valence-corrected chi connectivity index (χ0v) is 16.5. The van der Waals surface area contributed by atoms with Crippen molar-refractivity contribution >= 4 is 23.7 Å². The van der Waals surface area contributed by atoms with Gasteiger partial charge in [0.05, 0.1) is 18.9 Å². The molecule has 0 aliphatic rings. The first-order valence-electron chi connectivity index (χ1n) is 8.56. The van der Waals surface area contributed by atoms with Gasteiger partial charge in [0.15, 0.2) is 0 Å². The number of methoxy groups -OCH3 is 1. The highest BCUT2D eigenvalue weighted by Gasteiger charge is 2.12. The third-order valence-electron chi connectivity index (χ3n) is 4.36. The molecule has 0 atom stereocenters. The summed E-state index contributed by atoms with van der Waals surface area (Å²) in [6.07, 6.45) is 1.57. The molecule has 3 aromatic rings. The monoisotopic (exact) mass is 397 g/mol. The number of carbonyl (C=O) groups excluding carboxylic acids is 1. The molecule has 0 bridgehead atoms. The Labute approximate surface area is 168 Å². The largest absolute Gasteiger partial charge is 0.507 e. The maximum absolute atomic E-state index is 12.2. The van der Waals surface area contributed by atoms with E-state index in [4.69, 9.17) is 16.3 Å². The second-order valence-electron chi connectivity index (χ2n) is 6.22. The molecule has 3 rings (SSSR count). The van der Waals surface area contributed by atoms with Crippen molar-refractivity contribution in [2.75, 3.05) is 7.11 Å². The van der Waals surface area contributed by atoms with E-state index in [9.17, 15) is 9.90 Å². The Morgan fingerprint density at radius 3 is 2.68 bits per heavy atom. The number of hydrogen-bond acceptors (Lipinski definition) is 4. The van der Waals surface area contributed by atoms with E-state index >= 15 is 0 Å². The van der Waals surface area contributed by atoms with Gasteiger partial charge in [-0.2, -0.15) is 5.10 Å². The van der Waals surface area contributed by atoms with Gasteiger partial charge in [0.25, 0.3) is 5.91 Å². The number of hydrogen-bond donors (Lipinski definition) is 2. The zero-order chi connectivity index (χ0) is 20.3. The molecule has 1 aromatic heterocycles. The molecular formula is C21H20ClN3O3. The fourth-order valence-corrected chi connectivity index (χ4v) is 3.17. The van der Waals surface area contributed by atoms with Crippen molar-refractivity contribution in [2.45, 2.75) is 13.8 Å². The number of phenolic OH excluding ortho intramolecular Hbond substituents is 1. The highest BCUT2D eigenvalue weighted by Crippen LogP contribution is 2.24. The Morgan fingerprint density at radius 2 is 2.00 bits per heavy atom. The summed E-state index contributed by atoms with van der Waals surface area (Å²) in [4.78, 5) is 12.2. The average Bonchev–Trinajstić information content (AvgIpc) is 2.94. The van der Waals surface area contributed by atoms with Crippen LogP contribution in [0.4, 0.5) is 0 Å². The molecule has 0 saturated heterocycles. The SMILES string of the molecule is COc1ccc(C(=O)N/N=C\c2cc(C)n(-c3cccc(Cl)c3)c2C)c(O)c1. The Kier molecular flexibility index (Phi) is 5.70. The molecule has 2 N–H and O–H groups in total. The van der Waals surface area contributed by atoms with Crippen LogP contribution in [0.15, 0.2) is 53.6 Å². The molecule has 6 nitrogen and oxygen atoms in total. The normalized spacial score (nSPS) is 11.0. The van der Waals surface area contributed by atoms with E-state index in [1.807, 2.05) is 44.2 Å². The van der Waals surface area contributed by atoms with E-state index in [1.165, 1.54) is 19.2 Å². The summed E-state index contributed by atoms with van der Waals surface area (Å²) in [6, 6.07) is 14.0. The maximum Gasteiger partial charge on any atom is 0.275 e. The van der Waals surface area contributed by atoms with Crippen LogP contribution in [0.25, 0.3) is 5.69 Å². The van der Waals surface area contributed by atoms with Crippen molar-refractivity contribution in [3.8, 4) is 17.2 Å². The van der Waals surface area contributed by atoms with Crippen molar-refractivity contribution in [3.05, 3.63) is 76.1 Å². The predicted molar refractivity (Wildman–Crippen MR) is 110 cm³/mol. The molecular weight excluding hydrogens is 378 g/mol. The second kappa shape index (κ2) is 8.19. The summed E-state index contributed by atoms with van der Waals surface area (Å²) in [7, 11) is 1.48. The van der Waals surface area contributed by atoms with Gasteiger partial charge in [-0.05, 0) is 50.2 Å². The van der Waals surface area contributed by atoms with Gasteiger partial charge in [-0.25, -0.2) is 5.43 Å². The summed E-state index contributed by atoms with van der Waals surface area (Å²) in [5, 5.41) is 14.6. The minimum Gasteiger partial charge on any atom is -0.507 e. The lowest BCUT2D eigenvalue weighted by molar-refractivity contribution is 0.0952. The number of aromatic hydroxyl groups is 1. The third kappa shape index (κ3) is 4.02. The van der Waals surface area contributed by atoms with Crippen LogP contribution in [-0.2, 0) is 0 Å². The Morgan fingerprint density at radius 1 is 1.21 bits per heavy atom. The summed E-state index contributed by atoms with van der Waals surface area (Å²) < 4.78 is 7.07. The number of rotatable bonds is 5. The van der Waals surface area contributed by atoms with Crippen LogP contribution < -0.4 is 10.2 Å². The van der Waals surface area contributed by atoms with Gasteiger partial charge < -0.3 is 14.4 Å². The number of amides is 1. The smallest absolute Gasteiger partial charge is 0.275 e. The molecule has 2 aromatic carbocycles. The van der Waals surface area contributed by atoms with Crippen LogP contribution in [0.3, 0.4) is 0 Å². The minimum atomic E-state index is -0.514. The summed E-state index contributed by atoms with van der Waals surface area (Å²) in [6.45, 7) is 3.95. The number of nitrogens with zero attached hydrogens (tertiary/aromatic N) is 2. The Balaban J connectivity index is 1.78. The van der Waals surface area contributed by atoms with Gasteiger partial charge >= 0.3 is 0 Å². The topological polar surface area (TPSA) is 75.8 Å². The number of hydrazone groups is 1. The van der Waals surface area contributed by atoms with Crippen molar-refractivity contribution in [3.63, 3.8) is 0 Å². The predicted octanol–water partition coefficient (Wildman–Crippen LogP) is 4.23. The lowest BCUT2D eigenvalue weighted by Gasteiger charge is -2.09. The Hall–Kier alpha value is -3.25. The van der Waals surface area contributed by atoms with E-state index < -0.39 is 5.91 Å². The molecule has 1 amide bonds. The highest BCUT2D eigenvalue weighted by atomic mass is 35.5. The van der Waals surface area contributed by atoms with Crippen molar-refractivity contribution < 1.29 is 14.6 Å². The first kappa shape index (κ1) is 19.5. The van der Waals surface area contributed by atoms with E-state index in [0.29, 0.717) is 10.8 Å². The fraction of sp³-hybridized carbons (Fsp3) is 0.143. The lowest BCUT2D eigenvalue weighted by atomic mass is 10.2. The van der Waals surface area contributed by atoms with Gasteiger partial charge in [0.1, 0.15) is 11.5 Å². The molecule has 0 fully saturated rings. The molecule has 0 spiro atoms. The summed E-state index contributed by atoms with van der Waals surface area (Å²) in [5.74, 6) is -0.225. The molecule has 0 saturated carbocycles. The number of phenols is 1. The van der Waals surface area contributed by atoms with Crippen LogP contribution in [0.1, 0.15) is 27.3 Å². The number of carbonyl (C=O) groups is 1. The molecule has 0 aliphatic carbocycles. The van der Waals surface area contributed by atoms with Crippen LogP contribution in [0.2, 0.25) is 5.02 Å². The van der Waals surface area contributed by atoms with Gasteiger partial charge in [-0.1, -0.05) is 17.7 Å². The molecule has 1 heterocycles. The molecule has 0 unspecified atom stereocenters. The van der Waals surface area contributed by atoms with Crippen molar-refractivity contribution in [1.29, 1.82) is 0 Å². The average molecular weight is 398 g/mol. The molecule has 0 aliphatic heterocycles. The van der Waals surface area contributed by atoms with Crippen molar-refractivity contribution in [1.82, 2.24) is 9.99 Å². The number of halogens is 1. The van der Waals surface area contributed by atoms with Crippen LogP contribution in [0.5, 0.6) is 11.5 Å². The number of benzene rings is 2. The first-order valence-corrected chi connectivity index (χ1v) is 8.94. The number of aromatic nitrogens is 1. The third-order valence-corrected chi connectivity index (χ3v) is 4.59. The highest BCUT2D eigenvalue weighted by molar-refractivity contribution is 6.30. The van der Waals surface area contributed by atoms with Crippen LogP contribution in [0, 0.1) is 13.8 Å². The van der Waals surface area contributed by atoms with Gasteiger partial charge in [-0.15, -0.1) is 0 Å². The van der Waals surface area contributed by atoms with Gasteiger partial charge in [0, 0.05) is 33.7 Å². The summed E-state index contributed by atoms with van der Waals surface area (Å²) >= 11 is 6.10. The van der Waals surface area contributed by atoms with E-state index in [0.717, 1.165) is 22.6 Å². The number of ether oxygens (including phenoxy) is 1. The quantitative estimate of drug-likeness (QED) is 0.499. The second-order valence-corrected chi connectivity index (χ2v) is 6.66. The van der Waals surface area contributed by atoms with E-state index in [1.54, 1.807) is 12.3 Å².